The molecule has 0 fully saturated rings. The van der Waals surface area contributed by atoms with Crippen LogP contribution < -0.4 is 0 Å². The van der Waals surface area contributed by atoms with Crippen molar-refractivity contribution in [3.05, 3.63) is 14.5 Å². The molecule has 0 aliphatic heterocycles. The van der Waals surface area contributed by atoms with Gasteiger partial charge in [0.1, 0.15) is 4.60 Å². The molecular formula is C7H10BrNO2S. The Kier molecular flexibility index (Phi) is 4.14. The van der Waals surface area contributed by atoms with Gasteiger partial charge in [0.15, 0.2) is 0 Å². The molecule has 0 saturated carbocycles. The van der Waals surface area contributed by atoms with Crippen LogP contribution in [0.1, 0.15) is 9.88 Å². The molecule has 0 aliphatic rings. The second kappa shape index (κ2) is 4.91. The topological polar surface area (TPSA) is 42.4 Å². The van der Waals surface area contributed by atoms with Gasteiger partial charge in [-0.05, 0) is 15.9 Å². The van der Waals surface area contributed by atoms with E-state index in [2.05, 4.69) is 20.9 Å². The quantitative estimate of drug-likeness (QED) is 0.884. The molecule has 1 N–H and O–H groups in total. The number of ether oxygens (including phenoxy) is 1. The van der Waals surface area contributed by atoms with Crippen LogP contribution in [0, 0.1) is 0 Å². The first kappa shape index (κ1) is 10.1. The van der Waals surface area contributed by atoms with E-state index in [0.29, 0.717) is 13.0 Å². The monoisotopic (exact) mass is 251 g/mol. The van der Waals surface area contributed by atoms with Crippen molar-refractivity contribution in [2.45, 2.75) is 13.0 Å². The Morgan fingerprint density at radius 3 is 3.00 bits per heavy atom. The van der Waals surface area contributed by atoms with Crippen LogP contribution in [0.25, 0.3) is 0 Å². The highest BCUT2D eigenvalue weighted by Gasteiger charge is 2.07. The maximum atomic E-state index is 8.67. The van der Waals surface area contributed by atoms with Gasteiger partial charge in [0.25, 0.3) is 0 Å². The normalized spacial score (nSPS) is 10.6. The van der Waals surface area contributed by atoms with Crippen LogP contribution in [-0.2, 0) is 17.8 Å². The van der Waals surface area contributed by atoms with Gasteiger partial charge in [0.05, 0.1) is 16.5 Å². The average Bonchev–Trinajstić information content (AvgIpc) is 2.34. The number of rotatable bonds is 4. The summed E-state index contributed by atoms with van der Waals surface area (Å²) < 4.78 is 5.81. The molecule has 1 rings (SSSR count). The van der Waals surface area contributed by atoms with E-state index in [9.17, 15) is 0 Å². The van der Waals surface area contributed by atoms with E-state index < -0.39 is 0 Å². The Bertz CT molecular complexity index is 252. The van der Waals surface area contributed by atoms with Crippen molar-refractivity contribution in [2.24, 2.45) is 0 Å². The third-order valence-corrected chi connectivity index (χ3v) is 3.30. The molecular weight excluding hydrogens is 242 g/mol. The maximum absolute atomic E-state index is 8.67. The van der Waals surface area contributed by atoms with E-state index in [1.165, 1.54) is 0 Å². The third kappa shape index (κ3) is 2.52. The Morgan fingerprint density at radius 1 is 1.67 bits per heavy atom. The maximum Gasteiger partial charge on any atom is 0.122 e. The van der Waals surface area contributed by atoms with Crippen LogP contribution >= 0.6 is 27.3 Å². The van der Waals surface area contributed by atoms with Crippen LogP contribution in [0.5, 0.6) is 0 Å². The highest BCUT2D eigenvalue weighted by molar-refractivity contribution is 9.10. The van der Waals surface area contributed by atoms with Crippen LogP contribution in [0.3, 0.4) is 0 Å². The van der Waals surface area contributed by atoms with Gasteiger partial charge in [-0.2, -0.15) is 0 Å². The SMILES string of the molecule is COCc1sc(CCO)nc1Br. The zero-order chi connectivity index (χ0) is 8.97. The molecule has 0 amide bonds. The molecule has 0 atom stereocenters. The summed E-state index contributed by atoms with van der Waals surface area (Å²) in [5.74, 6) is 0. The summed E-state index contributed by atoms with van der Waals surface area (Å²) in [5, 5.41) is 9.61. The first-order valence-corrected chi connectivity index (χ1v) is 5.12. The molecule has 1 aromatic heterocycles. The van der Waals surface area contributed by atoms with Gasteiger partial charge in [-0.1, -0.05) is 0 Å². The number of aliphatic hydroxyl groups excluding tert-OH is 1. The number of hydrogen-bond acceptors (Lipinski definition) is 4. The molecule has 0 aromatic carbocycles. The number of hydrogen-bond donors (Lipinski definition) is 1. The second-order valence-corrected chi connectivity index (χ2v) is 4.15. The predicted molar refractivity (Wildman–Crippen MR) is 51.3 cm³/mol. The summed E-state index contributed by atoms with van der Waals surface area (Å²) in [4.78, 5) is 5.28. The van der Waals surface area contributed by atoms with E-state index in [-0.39, 0.29) is 6.61 Å². The zero-order valence-corrected chi connectivity index (χ0v) is 9.11. The summed E-state index contributed by atoms with van der Waals surface area (Å²) in [6.45, 7) is 0.718. The fourth-order valence-electron chi connectivity index (χ4n) is 0.802. The minimum atomic E-state index is 0.145. The number of aliphatic hydroxyl groups is 1. The minimum absolute atomic E-state index is 0.145. The molecule has 0 radical (unpaired) electrons. The smallest absolute Gasteiger partial charge is 0.122 e. The van der Waals surface area contributed by atoms with Gasteiger partial charge in [0.2, 0.25) is 0 Å². The first-order valence-electron chi connectivity index (χ1n) is 3.51. The largest absolute Gasteiger partial charge is 0.396 e. The lowest BCUT2D eigenvalue weighted by molar-refractivity contribution is 0.187. The lowest BCUT2D eigenvalue weighted by Gasteiger charge is -1.91. The summed E-state index contributed by atoms with van der Waals surface area (Å²) in [6.07, 6.45) is 0.618. The van der Waals surface area contributed by atoms with Crippen molar-refractivity contribution in [1.29, 1.82) is 0 Å². The van der Waals surface area contributed by atoms with Gasteiger partial charge in [-0.25, -0.2) is 4.98 Å². The molecule has 1 aromatic rings. The molecule has 68 valence electrons. The fraction of sp³-hybridized carbons (Fsp3) is 0.571. The van der Waals surface area contributed by atoms with Crippen molar-refractivity contribution < 1.29 is 9.84 Å². The lowest BCUT2D eigenvalue weighted by Crippen LogP contribution is -1.87. The van der Waals surface area contributed by atoms with Crippen molar-refractivity contribution in [2.75, 3.05) is 13.7 Å². The predicted octanol–water partition coefficient (Wildman–Crippen LogP) is 1.59. The first-order chi connectivity index (χ1) is 5.77. The number of thiazole rings is 1. The minimum Gasteiger partial charge on any atom is -0.396 e. The molecule has 1 heterocycles. The van der Waals surface area contributed by atoms with Crippen LogP contribution in [-0.4, -0.2) is 23.8 Å². The van der Waals surface area contributed by atoms with E-state index in [4.69, 9.17) is 9.84 Å². The van der Waals surface area contributed by atoms with E-state index >= 15 is 0 Å². The van der Waals surface area contributed by atoms with Gasteiger partial charge in [-0.3, -0.25) is 0 Å². The van der Waals surface area contributed by atoms with E-state index in [0.717, 1.165) is 14.5 Å². The Balaban J connectivity index is 2.70. The van der Waals surface area contributed by atoms with E-state index in [1.807, 2.05) is 0 Å². The Morgan fingerprint density at radius 2 is 2.42 bits per heavy atom. The van der Waals surface area contributed by atoms with Crippen LogP contribution in [0.2, 0.25) is 0 Å². The zero-order valence-electron chi connectivity index (χ0n) is 6.71. The summed E-state index contributed by atoms with van der Waals surface area (Å²) >= 11 is 4.89. The van der Waals surface area contributed by atoms with Gasteiger partial charge >= 0.3 is 0 Å². The molecule has 12 heavy (non-hydrogen) atoms. The van der Waals surface area contributed by atoms with Crippen LogP contribution in [0.4, 0.5) is 0 Å². The second-order valence-electron chi connectivity index (χ2n) is 2.23. The van der Waals surface area contributed by atoms with E-state index in [1.54, 1.807) is 18.4 Å². The highest BCUT2D eigenvalue weighted by Crippen LogP contribution is 2.24. The number of aromatic nitrogens is 1. The third-order valence-electron chi connectivity index (χ3n) is 1.30. The summed E-state index contributed by atoms with van der Waals surface area (Å²) in [7, 11) is 1.65. The van der Waals surface area contributed by atoms with Crippen molar-refractivity contribution in [1.82, 2.24) is 4.98 Å². The average molecular weight is 252 g/mol. The number of methoxy groups -OCH3 is 1. The molecule has 0 bridgehead atoms. The lowest BCUT2D eigenvalue weighted by atomic mass is 10.5. The fourth-order valence-corrected chi connectivity index (χ4v) is 2.41. The molecule has 0 aliphatic carbocycles. The number of halogens is 1. The molecule has 0 spiro atoms. The molecule has 3 nitrogen and oxygen atoms in total. The van der Waals surface area contributed by atoms with Crippen molar-refractivity contribution in [3.63, 3.8) is 0 Å². The van der Waals surface area contributed by atoms with Crippen LogP contribution in [0.15, 0.2) is 4.60 Å². The number of nitrogens with zero attached hydrogens (tertiary/aromatic N) is 1. The molecule has 5 heteroatoms. The summed E-state index contributed by atoms with van der Waals surface area (Å²) in [5.41, 5.74) is 0. The van der Waals surface area contributed by atoms with Crippen molar-refractivity contribution >= 4 is 27.3 Å². The van der Waals surface area contributed by atoms with Crippen molar-refractivity contribution in [3.8, 4) is 0 Å². The summed E-state index contributed by atoms with van der Waals surface area (Å²) in [6, 6.07) is 0. The van der Waals surface area contributed by atoms with Gasteiger partial charge in [0, 0.05) is 20.1 Å². The van der Waals surface area contributed by atoms with Gasteiger partial charge in [-0.15, -0.1) is 11.3 Å². The standard InChI is InChI=1S/C7H10BrNO2S/c1-11-4-5-7(8)9-6(12-5)2-3-10/h10H,2-4H2,1H3. The highest BCUT2D eigenvalue weighted by atomic mass is 79.9. The van der Waals surface area contributed by atoms with Gasteiger partial charge < -0.3 is 9.84 Å². The molecule has 0 unspecified atom stereocenters. The Labute approximate surface area is 83.5 Å². The Hall–Kier alpha value is 0.0300. The molecule has 0 saturated heterocycles.